The summed E-state index contributed by atoms with van der Waals surface area (Å²) in [5.74, 6) is 10.5. The minimum atomic E-state index is 0.546. The minimum Gasteiger partial charge on any atom is -0.356 e. The van der Waals surface area contributed by atoms with Crippen LogP contribution in [0.1, 0.15) is 50.4 Å². The fourth-order valence-electron chi connectivity index (χ4n) is 3.02. The summed E-state index contributed by atoms with van der Waals surface area (Å²) in [6.45, 7) is 8.87. The van der Waals surface area contributed by atoms with Crippen molar-refractivity contribution < 1.29 is 0 Å². The summed E-state index contributed by atoms with van der Waals surface area (Å²) in [6, 6.07) is 0. The smallest absolute Gasteiger partial charge is 0.148 e. The van der Waals surface area contributed by atoms with E-state index in [0.717, 1.165) is 47.9 Å². The van der Waals surface area contributed by atoms with Gasteiger partial charge in [-0.3, -0.25) is 0 Å². The van der Waals surface area contributed by atoms with E-state index in [2.05, 4.69) is 36.1 Å². The average Bonchev–Trinajstić information content (AvgIpc) is 3.16. The van der Waals surface area contributed by atoms with Crippen LogP contribution >= 0.6 is 0 Å². The van der Waals surface area contributed by atoms with Gasteiger partial charge in [-0.2, -0.15) is 0 Å². The van der Waals surface area contributed by atoms with Gasteiger partial charge in [-0.05, 0) is 38.0 Å². The second kappa shape index (κ2) is 5.20. The Morgan fingerprint density at radius 3 is 2.55 bits per heavy atom. The lowest BCUT2D eigenvalue weighted by Gasteiger charge is -2.22. The van der Waals surface area contributed by atoms with Crippen molar-refractivity contribution >= 4 is 11.6 Å². The van der Waals surface area contributed by atoms with Crippen molar-refractivity contribution in [2.24, 2.45) is 17.7 Å². The highest BCUT2D eigenvalue weighted by Gasteiger charge is 2.31. The van der Waals surface area contributed by atoms with Gasteiger partial charge in [0.25, 0.3) is 0 Å². The summed E-state index contributed by atoms with van der Waals surface area (Å²) in [7, 11) is 0. The molecule has 1 aromatic rings. The standard InChI is InChI=1S/C15H25N5/c1-9(2)12-6-7-20(8-12)15-10(3)13(19-16)17-14(18-15)11-4-5-11/h9,11-12H,4-8,16H2,1-3H3,(H,17,18,19). The lowest BCUT2D eigenvalue weighted by Crippen LogP contribution is -2.25. The zero-order valence-corrected chi connectivity index (χ0v) is 12.7. The molecule has 20 heavy (non-hydrogen) atoms. The molecule has 1 aliphatic carbocycles. The van der Waals surface area contributed by atoms with Crippen LogP contribution in [-0.2, 0) is 0 Å². The number of anilines is 2. The van der Waals surface area contributed by atoms with Gasteiger partial charge in [0.05, 0.1) is 0 Å². The van der Waals surface area contributed by atoms with E-state index in [1.807, 2.05) is 0 Å². The van der Waals surface area contributed by atoms with E-state index >= 15 is 0 Å². The number of hydrazine groups is 1. The number of hydrogen-bond acceptors (Lipinski definition) is 5. The average molecular weight is 275 g/mol. The minimum absolute atomic E-state index is 0.546. The maximum atomic E-state index is 5.62. The Labute approximate surface area is 120 Å². The van der Waals surface area contributed by atoms with Crippen molar-refractivity contribution in [1.82, 2.24) is 9.97 Å². The zero-order chi connectivity index (χ0) is 14.3. The highest BCUT2D eigenvalue weighted by Crippen LogP contribution is 2.40. The van der Waals surface area contributed by atoms with Crippen LogP contribution in [0.25, 0.3) is 0 Å². The third-order valence-electron chi connectivity index (χ3n) is 4.68. The van der Waals surface area contributed by atoms with E-state index < -0.39 is 0 Å². The summed E-state index contributed by atoms with van der Waals surface area (Å²) in [6.07, 6.45) is 3.67. The number of nitrogens with zero attached hydrogens (tertiary/aromatic N) is 3. The van der Waals surface area contributed by atoms with Crippen LogP contribution in [0.3, 0.4) is 0 Å². The van der Waals surface area contributed by atoms with Crippen LogP contribution in [0.4, 0.5) is 11.6 Å². The quantitative estimate of drug-likeness (QED) is 0.652. The molecule has 0 bridgehead atoms. The topological polar surface area (TPSA) is 67.1 Å². The molecule has 0 amide bonds. The van der Waals surface area contributed by atoms with E-state index in [-0.39, 0.29) is 0 Å². The third-order valence-corrected chi connectivity index (χ3v) is 4.68. The van der Waals surface area contributed by atoms with Crippen molar-refractivity contribution in [3.8, 4) is 0 Å². The molecule has 1 aliphatic heterocycles. The zero-order valence-electron chi connectivity index (χ0n) is 12.7. The van der Waals surface area contributed by atoms with Gasteiger partial charge in [0, 0.05) is 24.6 Å². The van der Waals surface area contributed by atoms with Gasteiger partial charge in [-0.15, -0.1) is 0 Å². The maximum Gasteiger partial charge on any atom is 0.148 e. The van der Waals surface area contributed by atoms with Crippen LogP contribution in [-0.4, -0.2) is 23.1 Å². The number of nitrogen functional groups attached to an aromatic ring is 1. The first-order valence-corrected chi connectivity index (χ1v) is 7.70. The first-order chi connectivity index (χ1) is 9.60. The number of rotatable bonds is 4. The molecular weight excluding hydrogens is 250 g/mol. The first kappa shape index (κ1) is 13.6. The number of nitrogens with one attached hydrogen (secondary N) is 1. The van der Waals surface area contributed by atoms with Crippen molar-refractivity contribution in [2.75, 3.05) is 23.4 Å². The molecule has 5 heteroatoms. The van der Waals surface area contributed by atoms with Gasteiger partial charge in [-0.25, -0.2) is 15.8 Å². The molecular formula is C15H25N5. The summed E-state index contributed by atoms with van der Waals surface area (Å²) < 4.78 is 0. The molecule has 2 aliphatic rings. The van der Waals surface area contributed by atoms with Crippen LogP contribution in [0, 0.1) is 18.8 Å². The van der Waals surface area contributed by atoms with E-state index in [0.29, 0.717) is 5.92 Å². The third kappa shape index (κ3) is 2.46. The van der Waals surface area contributed by atoms with Crippen LogP contribution < -0.4 is 16.2 Å². The molecule has 110 valence electrons. The molecule has 2 heterocycles. The van der Waals surface area contributed by atoms with Gasteiger partial charge < -0.3 is 10.3 Å². The fourth-order valence-corrected chi connectivity index (χ4v) is 3.02. The molecule has 1 atom stereocenters. The van der Waals surface area contributed by atoms with Gasteiger partial charge in [0.1, 0.15) is 17.5 Å². The largest absolute Gasteiger partial charge is 0.356 e. The molecule has 0 aromatic carbocycles. The predicted octanol–water partition coefficient (Wildman–Crippen LogP) is 2.43. The molecule has 0 spiro atoms. The molecule has 3 N–H and O–H groups in total. The maximum absolute atomic E-state index is 5.62. The van der Waals surface area contributed by atoms with E-state index in [1.165, 1.54) is 19.3 Å². The van der Waals surface area contributed by atoms with Gasteiger partial charge in [0.15, 0.2) is 0 Å². The number of hydrogen-bond donors (Lipinski definition) is 2. The van der Waals surface area contributed by atoms with Crippen molar-refractivity contribution in [3.63, 3.8) is 0 Å². The van der Waals surface area contributed by atoms with Crippen LogP contribution in [0.2, 0.25) is 0 Å². The Morgan fingerprint density at radius 1 is 1.25 bits per heavy atom. The summed E-state index contributed by atoms with van der Waals surface area (Å²) in [5.41, 5.74) is 3.81. The first-order valence-electron chi connectivity index (χ1n) is 7.70. The van der Waals surface area contributed by atoms with Crippen molar-refractivity contribution in [1.29, 1.82) is 0 Å². The molecule has 5 nitrogen and oxygen atoms in total. The second-order valence-electron chi connectivity index (χ2n) is 6.54. The highest BCUT2D eigenvalue weighted by atomic mass is 15.3. The lowest BCUT2D eigenvalue weighted by molar-refractivity contribution is 0.422. The van der Waals surface area contributed by atoms with Crippen molar-refractivity contribution in [3.05, 3.63) is 11.4 Å². The van der Waals surface area contributed by atoms with E-state index in [1.54, 1.807) is 0 Å². The SMILES string of the molecule is Cc1c(NN)nc(C2CC2)nc1N1CCC(C(C)C)C1. The van der Waals surface area contributed by atoms with Crippen LogP contribution in [0.5, 0.6) is 0 Å². The summed E-state index contributed by atoms with van der Waals surface area (Å²) >= 11 is 0. The Hall–Kier alpha value is -1.36. The molecule has 2 fully saturated rings. The van der Waals surface area contributed by atoms with E-state index in [4.69, 9.17) is 10.8 Å². The van der Waals surface area contributed by atoms with E-state index in [9.17, 15) is 0 Å². The molecule has 1 saturated carbocycles. The number of nitrogens with two attached hydrogens (primary N) is 1. The normalized spacial score (nSPS) is 22.6. The monoisotopic (exact) mass is 275 g/mol. The summed E-state index contributed by atoms with van der Waals surface area (Å²) in [4.78, 5) is 11.8. The predicted molar refractivity (Wildman–Crippen MR) is 81.7 cm³/mol. The molecule has 3 rings (SSSR count). The van der Waals surface area contributed by atoms with Gasteiger partial charge in [0.2, 0.25) is 0 Å². The Morgan fingerprint density at radius 2 is 2.00 bits per heavy atom. The van der Waals surface area contributed by atoms with Gasteiger partial charge in [-0.1, -0.05) is 13.8 Å². The number of aromatic nitrogens is 2. The highest BCUT2D eigenvalue weighted by molar-refractivity contribution is 5.59. The Balaban J connectivity index is 1.90. The van der Waals surface area contributed by atoms with Crippen molar-refractivity contribution in [2.45, 2.75) is 46.0 Å². The van der Waals surface area contributed by atoms with Gasteiger partial charge >= 0.3 is 0 Å². The molecule has 0 radical (unpaired) electrons. The molecule has 1 unspecified atom stereocenters. The van der Waals surface area contributed by atoms with Crippen LogP contribution in [0.15, 0.2) is 0 Å². The lowest BCUT2D eigenvalue weighted by atomic mass is 9.95. The Bertz CT molecular complexity index is 495. The molecule has 1 aromatic heterocycles. The summed E-state index contributed by atoms with van der Waals surface area (Å²) in [5, 5.41) is 0. The Kier molecular flexibility index (Phi) is 3.54. The fraction of sp³-hybridized carbons (Fsp3) is 0.733. The molecule has 1 saturated heterocycles. The second-order valence-corrected chi connectivity index (χ2v) is 6.54.